The summed E-state index contributed by atoms with van der Waals surface area (Å²) in [5, 5.41) is 9.19. The average Bonchev–Trinajstić information content (AvgIpc) is 2.81. The molecule has 0 aromatic carbocycles. The fraction of sp³-hybridized carbons (Fsp3) is 0.857. The van der Waals surface area contributed by atoms with E-state index in [0.717, 1.165) is 32.4 Å². The maximum atomic E-state index is 12.6. The number of piperidine rings is 1. The molecule has 2 aliphatic rings. The number of likely N-dealkylation sites (tertiary alicyclic amines) is 1. The van der Waals surface area contributed by atoms with Gasteiger partial charge in [-0.05, 0) is 25.2 Å². The second-order valence-corrected chi connectivity index (χ2v) is 7.48. The number of rotatable bonds is 2. The first-order chi connectivity index (χ1) is 9.38. The molecule has 5 nitrogen and oxygen atoms in total. The first-order valence-electron chi connectivity index (χ1n) is 7.29. The number of thioether (sulfide) groups is 1. The number of amides is 2. The Labute approximate surface area is 124 Å². The van der Waals surface area contributed by atoms with E-state index in [9.17, 15) is 14.7 Å². The molecule has 0 aromatic heterocycles. The van der Waals surface area contributed by atoms with Crippen LogP contribution in [0, 0.1) is 5.41 Å². The van der Waals surface area contributed by atoms with E-state index < -0.39 is 12.0 Å². The highest BCUT2D eigenvalue weighted by atomic mass is 32.2. The van der Waals surface area contributed by atoms with Crippen LogP contribution in [0.4, 0.5) is 4.79 Å². The van der Waals surface area contributed by atoms with Crippen LogP contribution in [0.25, 0.3) is 0 Å². The van der Waals surface area contributed by atoms with Gasteiger partial charge < -0.3 is 10.0 Å². The zero-order valence-electron chi connectivity index (χ0n) is 12.5. The summed E-state index contributed by atoms with van der Waals surface area (Å²) in [6.45, 7) is 7.85. The Balaban J connectivity index is 2.03. The van der Waals surface area contributed by atoms with Crippen molar-refractivity contribution in [2.75, 3.05) is 18.8 Å². The first-order valence-corrected chi connectivity index (χ1v) is 8.34. The molecule has 1 N–H and O–H groups in total. The highest BCUT2D eigenvalue weighted by Gasteiger charge is 2.42. The van der Waals surface area contributed by atoms with Crippen LogP contribution in [-0.4, -0.2) is 57.2 Å². The van der Waals surface area contributed by atoms with Gasteiger partial charge in [-0.15, -0.1) is 11.8 Å². The molecule has 2 rings (SSSR count). The predicted octanol–water partition coefficient (Wildman–Crippen LogP) is 2.47. The van der Waals surface area contributed by atoms with Crippen LogP contribution < -0.4 is 0 Å². The topological polar surface area (TPSA) is 60.9 Å². The van der Waals surface area contributed by atoms with Crippen molar-refractivity contribution in [1.29, 1.82) is 0 Å². The van der Waals surface area contributed by atoms with Gasteiger partial charge in [0.15, 0.2) is 0 Å². The van der Waals surface area contributed by atoms with Crippen LogP contribution in [0.3, 0.4) is 0 Å². The summed E-state index contributed by atoms with van der Waals surface area (Å²) in [6.07, 6.45) is 3.13. The third-order valence-electron chi connectivity index (χ3n) is 4.82. The molecule has 6 heteroatoms. The summed E-state index contributed by atoms with van der Waals surface area (Å²) in [7, 11) is 0. The van der Waals surface area contributed by atoms with Crippen molar-refractivity contribution in [3.63, 3.8) is 0 Å². The SMILES string of the molecule is CCC1(C)CCN(C(=O)N2C(C)SCC2C(=O)O)CC1. The second kappa shape index (κ2) is 5.84. The lowest BCUT2D eigenvalue weighted by atomic mass is 9.78. The molecule has 0 spiro atoms. The Kier molecular flexibility index (Phi) is 4.52. The standard InChI is InChI=1S/C14H24N2O3S/c1-4-14(3)5-7-15(8-6-14)13(19)16-10(2)20-9-11(16)12(17)18/h10-11H,4-9H2,1-3H3,(H,17,18). The van der Waals surface area contributed by atoms with Crippen LogP contribution in [0.2, 0.25) is 0 Å². The van der Waals surface area contributed by atoms with E-state index in [2.05, 4.69) is 13.8 Å². The monoisotopic (exact) mass is 300 g/mol. The second-order valence-electron chi connectivity index (χ2n) is 6.13. The van der Waals surface area contributed by atoms with Crippen molar-refractivity contribution in [1.82, 2.24) is 9.80 Å². The molecule has 20 heavy (non-hydrogen) atoms. The number of hydrogen-bond acceptors (Lipinski definition) is 3. The predicted molar refractivity (Wildman–Crippen MR) is 79.8 cm³/mol. The maximum Gasteiger partial charge on any atom is 0.327 e. The van der Waals surface area contributed by atoms with Crippen LogP contribution in [0.15, 0.2) is 0 Å². The number of carboxylic acid groups (broad SMARTS) is 1. The molecule has 2 atom stereocenters. The number of nitrogens with zero attached hydrogens (tertiary/aromatic N) is 2. The molecule has 2 heterocycles. The third kappa shape index (κ3) is 2.90. The van der Waals surface area contributed by atoms with Crippen molar-refractivity contribution in [2.24, 2.45) is 5.41 Å². The minimum atomic E-state index is -0.898. The van der Waals surface area contributed by atoms with Gasteiger partial charge in [0, 0.05) is 18.8 Å². The number of carbonyl (C=O) groups excluding carboxylic acids is 1. The minimum absolute atomic E-state index is 0.0527. The van der Waals surface area contributed by atoms with Crippen molar-refractivity contribution in [3.05, 3.63) is 0 Å². The van der Waals surface area contributed by atoms with E-state index in [1.54, 1.807) is 4.90 Å². The average molecular weight is 300 g/mol. The molecular weight excluding hydrogens is 276 g/mol. The van der Waals surface area contributed by atoms with Gasteiger partial charge in [-0.2, -0.15) is 0 Å². The fourth-order valence-electron chi connectivity index (χ4n) is 2.88. The van der Waals surface area contributed by atoms with E-state index in [-0.39, 0.29) is 11.4 Å². The lowest BCUT2D eigenvalue weighted by Crippen LogP contribution is -2.53. The van der Waals surface area contributed by atoms with E-state index in [1.165, 1.54) is 11.8 Å². The van der Waals surface area contributed by atoms with Gasteiger partial charge in [0.05, 0.1) is 5.37 Å². The minimum Gasteiger partial charge on any atom is -0.480 e. The zero-order chi connectivity index (χ0) is 14.9. The van der Waals surface area contributed by atoms with Gasteiger partial charge in [-0.3, -0.25) is 4.90 Å². The first kappa shape index (κ1) is 15.5. The Morgan fingerprint density at radius 1 is 1.35 bits per heavy atom. The smallest absolute Gasteiger partial charge is 0.327 e. The number of carboxylic acids is 1. The van der Waals surface area contributed by atoms with Crippen molar-refractivity contribution in [2.45, 2.75) is 51.4 Å². The Morgan fingerprint density at radius 3 is 2.45 bits per heavy atom. The van der Waals surface area contributed by atoms with E-state index >= 15 is 0 Å². The van der Waals surface area contributed by atoms with Gasteiger partial charge in [0.25, 0.3) is 0 Å². The van der Waals surface area contributed by atoms with Crippen molar-refractivity contribution < 1.29 is 14.7 Å². The lowest BCUT2D eigenvalue weighted by molar-refractivity contribution is -0.141. The van der Waals surface area contributed by atoms with Crippen LogP contribution >= 0.6 is 11.8 Å². The zero-order valence-corrected chi connectivity index (χ0v) is 13.3. The molecule has 2 fully saturated rings. The Bertz CT molecular complexity index is 394. The highest BCUT2D eigenvalue weighted by Crippen LogP contribution is 2.36. The molecule has 114 valence electrons. The van der Waals surface area contributed by atoms with Gasteiger partial charge in [0.1, 0.15) is 6.04 Å². The number of urea groups is 1. The summed E-state index contributed by atoms with van der Waals surface area (Å²) >= 11 is 1.54. The quantitative estimate of drug-likeness (QED) is 0.851. The highest BCUT2D eigenvalue weighted by molar-refractivity contribution is 8.00. The Hall–Kier alpha value is -0.910. The van der Waals surface area contributed by atoms with Crippen LogP contribution in [0.1, 0.15) is 40.0 Å². The summed E-state index contributed by atoms with van der Waals surface area (Å²) in [5.74, 6) is -0.409. The number of aliphatic carboxylic acids is 1. The number of carbonyl (C=O) groups is 2. The largest absolute Gasteiger partial charge is 0.480 e. The van der Waals surface area contributed by atoms with E-state index in [4.69, 9.17) is 0 Å². The molecule has 2 unspecified atom stereocenters. The van der Waals surface area contributed by atoms with Crippen molar-refractivity contribution >= 4 is 23.8 Å². The van der Waals surface area contributed by atoms with Gasteiger partial charge in [-0.25, -0.2) is 9.59 Å². The third-order valence-corrected chi connectivity index (χ3v) is 6.04. The normalized spacial score (nSPS) is 29.6. The summed E-state index contributed by atoms with van der Waals surface area (Å²) < 4.78 is 0. The fourth-order valence-corrected chi connectivity index (χ4v) is 4.04. The van der Waals surface area contributed by atoms with Crippen LogP contribution in [0.5, 0.6) is 0 Å². The van der Waals surface area contributed by atoms with E-state index in [1.807, 2.05) is 11.8 Å². The number of hydrogen-bond donors (Lipinski definition) is 1. The van der Waals surface area contributed by atoms with E-state index in [0.29, 0.717) is 11.2 Å². The lowest BCUT2D eigenvalue weighted by Gasteiger charge is -2.41. The van der Waals surface area contributed by atoms with Gasteiger partial charge in [0.2, 0.25) is 0 Å². The summed E-state index contributed by atoms with van der Waals surface area (Å²) in [5.41, 5.74) is 0.328. The molecule has 2 saturated heterocycles. The summed E-state index contributed by atoms with van der Waals surface area (Å²) in [4.78, 5) is 27.2. The molecule has 0 aliphatic carbocycles. The molecule has 2 aliphatic heterocycles. The molecule has 0 bridgehead atoms. The molecule has 0 aromatic rings. The van der Waals surface area contributed by atoms with Crippen molar-refractivity contribution in [3.8, 4) is 0 Å². The van der Waals surface area contributed by atoms with Crippen LogP contribution in [-0.2, 0) is 4.79 Å². The molecule has 2 amide bonds. The maximum absolute atomic E-state index is 12.6. The molecule has 0 radical (unpaired) electrons. The van der Waals surface area contributed by atoms with Gasteiger partial charge in [-0.1, -0.05) is 20.3 Å². The molecule has 0 saturated carbocycles. The van der Waals surface area contributed by atoms with Gasteiger partial charge >= 0.3 is 12.0 Å². The molecular formula is C14H24N2O3S. The summed E-state index contributed by atoms with van der Waals surface area (Å²) in [6, 6.07) is -0.782. The Morgan fingerprint density at radius 2 is 1.95 bits per heavy atom.